The van der Waals surface area contributed by atoms with Crippen LogP contribution >= 0.6 is 0 Å². The lowest BCUT2D eigenvalue weighted by atomic mass is 10.0. The summed E-state index contributed by atoms with van der Waals surface area (Å²) >= 11 is 0. The van der Waals surface area contributed by atoms with Gasteiger partial charge in [-0.3, -0.25) is 9.69 Å². The largest absolute Gasteiger partial charge is 0.376 e. The van der Waals surface area contributed by atoms with Crippen LogP contribution in [0.5, 0.6) is 0 Å². The van der Waals surface area contributed by atoms with Crippen molar-refractivity contribution in [2.24, 2.45) is 0 Å². The number of ether oxygens (including phenoxy) is 1. The van der Waals surface area contributed by atoms with Gasteiger partial charge in [-0.2, -0.15) is 0 Å². The third kappa shape index (κ3) is 6.08. The number of amides is 1. The first-order valence-electron chi connectivity index (χ1n) is 10.1. The molecule has 2 saturated heterocycles. The molecule has 1 atom stereocenters. The van der Waals surface area contributed by atoms with E-state index in [-0.39, 0.29) is 12.0 Å². The van der Waals surface area contributed by atoms with Crippen molar-refractivity contribution in [1.29, 1.82) is 0 Å². The van der Waals surface area contributed by atoms with Gasteiger partial charge in [0.1, 0.15) is 0 Å². The number of hydrogen-bond donors (Lipinski definition) is 1. The molecule has 1 aromatic rings. The molecule has 0 saturated carbocycles. The van der Waals surface area contributed by atoms with E-state index in [1.165, 1.54) is 5.56 Å². The average Bonchev–Trinajstić information content (AvgIpc) is 3.19. The number of nitrogens with zero attached hydrogens (tertiary/aromatic N) is 2. The van der Waals surface area contributed by atoms with Crippen molar-refractivity contribution in [2.75, 3.05) is 46.4 Å². The molecule has 0 unspecified atom stereocenters. The summed E-state index contributed by atoms with van der Waals surface area (Å²) in [5.74, 6) is 0.132. The molecule has 2 fully saturated rings. The zero-order valence-corrected chi connectivity index (χ0v) is 16.0. The summed E-state index contributed by atoms with van der Waals surface area (Å²) < 4.78 is 5.61. The molecule has 1 aromatic carbocycles. The second-order valence-corrected chi connectivity index (χ2v) is 7.68. The second-order valence-electron chi connectivity index (χ2n) is 7.68. The van der Waals surface area contributed by atoms with Gasteiger partial charge in [-0.15, -0.1) is 0 Å². The number of hydrogen-bond acceptors (Lipinski definition) is 4. The van der Waals surface area contributed by atoms with Gasteiger partial charge in [-0.05, 0) is 57.8 Å². The van der Waals surface area contributed by atoms with Crippen LogP contribution < -0.4 is 5.32 Å². The van der Waals surface area contributed by atoms with E-state index < -0.39 is 0 Å². The molecular formula is C21H33N3O2. The molecule has 0 bridgehead atoms. The minimum atomic E-state index is 0.132. The number of likely N-dealkylation sites (tertiary alicyclic amines) is 1. The van der Waals surface area contributed by atoms with Crippen molar-refractivity contribution in [3.8, 4) is 0 Å². The van der Waals surface area contributed by atoms with E-state index in [2.05, 4.69) is 52.5 Å². The Morgan fingerprint density at radius 2 is 2.00 bits per heavy atom. The van der Waals surface area contributed by atoms with Crippen LogP contribution in [0, 0.1) is 0 Å². The molecular weight excluding hydrogens is 326 g/mol. The number of benzene rings is 1. The lowest BCUT2D eigenvalue weighted by Gasteiger charge is -2.37. The van der Waals surface area contributed by atoms with Gasteiger partial charge in [0.25, 0.3) is 0 Å². The van der Waals surface area contributed by atoms with Gasteiger partial charge in [0.2, 0.25) is 5.91 Å². The van der Waals surface area contributed by atoms with Gasteiger partial charge in [0.15, 0.2) is 0 Å². The molecule has 5 nitrogen and oxygen atoms in total. The van der Waals surface area contributed by atoms with Gasteiger partial charge in [0, 0.05) is 25.7 Å². The fourth-order valence-electron chi connectivity index (χ4n) is 3.94. The Morgan fingerprint density at radius 1 is 1.23 bits per heavy atom. The molecule has 0 spiro atoms. The van der Waals surface area contributed by atoms with Crippen molar-refractivity contribution >= 4 is 5.91 Å². The van der Waals surface area contributed by atoms with Gasteiger partial charge in [0.05, 0.1) is 12.6 Å². The highest BCUT2D eigenvalue weighted by Crippen LogP contribution is 2.16. The van der Waals surface area contributed by atoms with Gasteiger partial charge >= 0.3 is 0 Å². The average molecular weight is 360 g/mol. The summed E-state index contributed by atoms with van der Waals surface area (Å²) in [4.78, 5) is 17.3. The van der Waals surface area contributed by atoms with E-state index in [0.717, 1.165) is 58.3 Å². The van der Waals surface area contributed by atoms with Crippen molar-refractivity contribution in [2.45, 2.75) is 44.2 Å². The Kier molecular flexibility index (Phi) is 7.47. The summed E-state index contributed by atoms with van der Waals surface area (Å²) in [5.41, 5.74) is 1.34. The Morgan fingerprint density at radius 3 is 2.69 bits per heavy atom. The Hall–Kier alpha value is -1.43. The molecule has 0 aliphatic carbocycles. The highest BCUT2D eigenvalue weighted by molar-refractivity contribution is 5.78. The SMILES string of the molecule is CN1CCC(N(CCc2ccccc2)CC(=O)NC[C@@H]2CCCO2)CC1. The van der Waals surface area contributed by atoms with Crippen LogP contribution in [0.3, 0.4) is 0 Å². The molecule has 144 valence electrons. The van der Waals surface area contributed by atoms with Crippen LogP contribution in [0.25, 0.3) is 0 Å². The molecule has 1 amide bonds. The molecule has 3 rings (SSSR count). The van der Waals surface area contributed by atoms with Crippen molar-refractivity contribution in [3.05, 3.63) is 35.9 Å². The third-order valence-corrected chi connectivity index (χ3v) is 5.63. The minimum absolute atomic E-state index is 0.132. The van der Waals surface area contributed by atoms with Crippen LogP contribution in [-0.2, 0) is 16.0 Å². The zero-order chi connectivity index (χ0) is 18.2. The van der Waals surface area contributed by atoms with Crippen molar-refractivity contribution in [3.63, 3.8) is 0 Å². The first-order valence-corrected chi connectivity index (χ1v) is 10.1. The molecule has 26 heavy (non-hydrogen) atoms. The third-order valence-electron chi connectivity index (χ3n) is 5.63. The Bertz CT molecular complexity index is 537. The number of rotatable bonds is 8. The minimum Gasteiger partial charge on any atom is -0.376 e. The monoisotopic (exact) mass is 359 g/mol. The fraction of sp³-hybridized carbons (Fsp3) is 0.667. The molecule has 5 heteroatoms. The first kappa shape index (κ1) is 19.3. The van der Waals surface area contributed by atoms with Crippen LogP contribution in [0.2, 0.25) is 0 Å². The number of carbonyl (C=O) groups excluding carboxylic acids is 1. The predicted octanol–water partition coefficient (Wildman–Crippen LogP) is 1.92. The van der Waals surface area contributed by atoms with Gasteiger partial charge < -0.3 is 15.0 Å². The van der Waals surface area contributed by atoms with E-state index in [0.29, 0.717) is 19.1 Å². The molecule has 0 radical (unpaired) electrons. The second kappa shape index (κ2) is 10.0. The van der Waals surface area contributed by atoms with E-state index in [1.807, 2.05) is 0 Å². The highest BCUT2D eigenvalue weighted by Gasteiger charge is 2.25. The molecule has 2 heterocycles. The fourth-order valence-corrected chi connectivity index (χ4v) is 3.94. The summed E-state index contributed by atoms with van der Waals surface area (Å²) in [6.07, 6.45) is 5.66. The normalized spacial score (nSPS) is 22.0. The van der Waals surface area contributed by atoms with E-state index in [9.17, 15) is 4.79 Å². The molecule has 0 aromatic heterocycles. The summed E-state index contributed by atoms with van der Waals surface area (Å²) in [6.45, 7) is 5.14. The number of nitrogens with one attached hydrogen (secondary N) is 1. The zero-order valence-electron chi connectivity index (χ0n) is 16.0. The molecule has 1 N–H and O–H groups in total. The van der Waals surface area contributed by atoms with Gasteiger partial charge in [-0.1, -0.05) is 30.3 Å². The Balaban J connectivity index is 1.51. The summed E-state index contributed by atoms with van der Waals surface area (Å²) in [5, 5.41) is 3.09. The van der Waals surface area contributed by atoms with Crippen molar-refractivity contribution < 1.29 is 9.53 Å². The number of piperidine rings is 1. The van der Waals surface area contributed by atoms with Crippen LogP contribution in [-0.4, -0.2) is 74.2 Å². The van der Waals surface area contributed by atoms with E-state index in [1.54, 1.807) is 0 Å². The lowest BCUT2D eigenvalue weighted by molar-refractivity contribution is -0.123. The summed E-state index contributed by atoms with van der Waals surface area (Å²) in [7, 11) is 2.18. The van der Waals surface area contributed by atoms with E-state index >= 15 is 0 Å². The first-order chi connectivity index (χ1) is 12.7. The van der Waals surface area contributed by atoms with Crippen LogP contribution in [0.4, 0.5) is 0 Å². The lowest BCUT2D eigenvalue weighted by Crippen LogP contribution is -2.49. The Labute approximate surface area is 157 Å². The maximum atomic E-state index is 12.5. The van der Waals surface area contributed by atoms with Crippen LogP contribution in [0.15, 0.2) is 30.3 Å². The number of carbonyl (C=O) groups is 1. The highest BCUT2D eigenvalue weighted by atomic mass is 16.5. The quantitative estimate of drug-likeness (QED) is 0.770. The van der Waals surface area contributed by atoms with Gasteiger partial charge in [-0.25, -0.2) is 0 Å². The topological polar surface area (TPSA) is 44.8 Å². The molecule has 2 aliphatic rings. The standard InChI is InChI=1S/C21H33N3O2/c1-23-12-10-19(11-13-23)24(14-9-18-6-3-2-4-7-18)17-21(25)22-16-20-8-5-15-26-20/h2-4,6-7,19-20H,5,8-17H2,1H3,(H,22,25)/t20-/m0/s1. The van der Waals surface area contributed by atoms with Crippen LogP contribution in [0.1, 0.15) is 31.2 Å². The van der Waals surface area contributed by atoms with Crippen molar-refractivity contribution in [1.82, 2.24) is 15.1 Å². The maximum absolute atomic E-state index is 12.5. The predicted molar refractivity (Wildman–Crippen MR) is 104 cm³/mol. The summed E-state index contributed by atoms with van der Waals surface area (Å²) in [6, 6.07) is 11.1. The molecule has 2 aliphatic heterocycles. The smallest absolute Gasteiger partial charge is 0.234 e. The maximum Gasteiger partial charge on any atom is 0.234 e. The van der Waals surface area contributed by atoms with E-state index in [4.69, 9.17) is 4.74 Å².